The van der Waals surface area contributed by atoms with E-state index in [1.807, 2.05) is 30.9 Å². The molecule has 0 spiro atoms. The molecule has 11 heteroatoms. The van der Waals surface area contributed by atoms with Crippen molar-refractivity contribution in [3.8, 4) is 5.75 Å². The van der Waals surface area contributed by atoms with Gasteiger partial charge in [-0.1, -0.05) is 0 Å². The number of anilines is 1. The molecule has 4 atom stereocenters. The van der Waals surface area contributed by atoms with Gasteiger partial charge in [0.2, 0.25) is 5.78 Å². The molecule has 3 aliphatic rings. The molecular formula is C26H34N4O7. The van der Waals surface area contributed by atoms with Crippen molar-refractivity contribution < 1.29 is 34.8 Å². The van der Waals surface area contributed by atoms with Crippen molar-refractivity contribution in [2.75, 3.05) is 53.2 Å². The third-order valence-electron chi connectivity index (χ3n) is 7.87. The van der Waals surface area contributed by atoms with Crippen LogP contribution in [0.2, 0.25) is 0 Å². The Balaban J connectivity index is 1.90. The zero-order valence-electron chi connectivity index (χ0n) is 21.6. The van der Waals surface area contributed by atoms with Crippen LogP contribution in [0, 0.1) is 11.8 Å². The van der Waals surface area contributed by atoms with Gasteiger partial charge >= 0.3 is 0 Å². The van der Waals surface area contributed by atoms with Crippen molar-refractivity contribution in [2.45, 2.75) is 24.5 Å². The topological polar surface area (TPSA) is 168 Å². The van der Waals surface area contributed by atoms with Crippen molar-refractivity contribution in [1.82, 2.24) is 9.80 Å². The van der Waals surface area contributed by atoms with Crippen LogP contribution in [0.25, 0.3) is 5.76 Å². The molecule has 0 unspecified atom stereocenters. The van der Waals surface area contributed by atoms with Crippen molar-refractivity contribution in [3.05, 3.63) is 40.2 Å². The zero-order chi connectivity index (χ0) is 27.6. The van der Waals surface area contributed by atoms with Crippen LogP contribution in [0.1, 0.15) is 17.5 Å². The van der Waals surface area contributed by atoms with Crippen LogP contribution >= 0.6 is 0 Å². The van der Waals surface area contributed by atoms with Gasteiger partial charge in [0.05, 0.1) is 11.6 Å². The van der Waals surface area contributed by atoms with E-state index < -0.39 is 58.0 Å². The maximum absolute atomic E-state index is 13.9. The summed E-state index contributed by atoms with van der Waals surface area (Å²) in [4.78, 5) is 44.6. The van der Waals surface area contributed by atoms with Gasteiger partial charge in [0.1, 0.15) is 22.8 Å². The van der Waals surface area contributed by atoms with Crippen LogP contribution in [0.15, 0.2) is 29.0 Å². The van der Waals surface area contributed by atoms with Gasteiger partial charge in [0.25, 0.3) is 5.91 Å². The number of phenols is 1. The average molecular weight is 515 g/mol. The molecule has 1 fully saturated rings. The Hall–Kier alpha value is -3.41. The lowest BCUT2D eigenvalue weighted by atomic mass is 9.57. The maximum atomic E-state index is 13.9. The number of primary amides is 1. The number of fused-ring (bicyclic) bond motifs is 3. The third-order valence-corrected chi connectivity index (χ3v) is 7.87. The van der Waals surface area contributed by atoms with Crippen LogP contribution < -0.4 is 10.6 Å². The lowest BCUT2D eigenvalue weighted by Crippen LogP contribution is -2.65. The molecule has 0 radical (unpaired) electrons. The number of rotatable bonds is 6. The van der Waals surface area contributed by atoms with E-state index in [2.05, 4.69) is 0 Å². The second-order valence-electron chi connectivity index (χ2n) is 10.6. The van der Waals surface area contributed by atoms with Crippen LogP contribution in [-0.4, -0.2) is 108 Å². The molecule has 0 aliphatic heterocycles. The molecule has 0 saturated heterocycles. The monoisotopic (exact) mass is 514 g/mol. The number of phenolic OH excluding ortho intramolecular Hbond substituents is 1. The lowest BCUT2D eigenvalue weighted by Gasteiger charge is -2.50. The first kappa shape index (κ1) is 26.6. The van der Waals surface area contributed by atoms with Gasteiger partial charge in [-0.05, 0) is 64.6 Å². The van der Waals surface area contributed by atoms with E-state index in [-0.39, 0.29) is 29.7 Å². The Morgan fingerprint density at radius 2 is 1.73 bits per heavy atom. The second kappa shape index (κ2) is 9.16. The van der Waals surface area contributed by atoms with Gasteiger partial charge in [0.15, 0.2) is 11.4 Å². The number of aromatic hydroxyl groups is 1. The fourth-order valence-corrected chi connectivity index (χ4v) is 6.06. The number of aliphatic hydroxyl groups excluding tert-OH is 2. The molecule has 1 amide bonds. The summed E-state index contributed by atoms with van der Waals surface area (Å²) >= 11 is 0. The summed E-state index contributed by atoms with van der Waals surface area (Å²) in [5.41, 5.74) is 3.23. The summed E-state index contributed by atoms with van der Waals surface area (Å²) in [5.74, 6) is -6.56. The zero-order valence-corrected chi connectivity index (χ0v) is 21.6. The number of hydrogen-bond donors (Lipinski definition) is 5. The molecule has 1 aromatic rings. The minimum atomic E-state index is -2.64. The molecule has 11 nitrogen and oxygen atoms in total. The smallest absolute Gasteiger partial charge is 0.255 e. The van der Waals surface area contributed by atoms with E-state index in [4.69, 9.17) is 5.73 Å². The molecule has 6 N–H and O–H groups in total. The van der Waals surface area contributed by atoms with Crippen LogP contribution in [0.4, 0.5) is 5.69 Å². The van der Waals surface area contributed by atoms with E-state index >= 15 is 0 Å². The number of hydrogen-bond acceptors (Lipinski definition) is 10. The van der Waals surface area contributed by atoms with Gasteiger partial charge in [-0.25, -0.2) is 0 Å². The predicted molar refractivity (Wildman–Crippen MR) is 136 cm³/mol. The van der Waals surface area contributed by atoms with E-state index in [9.17, 15) is 34.8 Å². The highest BCUT2D eigenvalue weighted by Crippen LogP contribution is 2.53. The van der Waals surface area contributed by atoms with Crippen LogP contribution in [0.5, 0.6) is 5.75 Å². The first-order chi connectivity index (χ1) is 17.2. The van der Waals surface area contributed by atoms with Gasteiger partial charge in [-0.15, -0.1) is 0 Å². The lowest BCUT2D eigenvalue weighted by molar-refractivity contribution is -0.153. The molecule has 0 bridgehead atoms. The van der Waals surface area contributed by atoms with Crippen molar-refractivity contribution in [2.24, 2.45) is 17.6 Å². The summed E-state index contributed by atoms with van der Waals surface area (Å²) in [6.45, 7) is 1.43. The third kappa shape index (κ3) is 3.89. The first-order valence-electron chi connectivity index (χ1n) is 12.1. The van der Waals surface area contributed by atoms with Crippen LogP contribution in [0.3, 0.4) is 0 Å². The van der Waals surface area contributed by atoms with E-state index in [1.165, 1.54) is 11.0 Å². The summed E-state index contributed by atoms with van der Waals surface area (Å²) in [7, 11) is 8.95. The summed E-state index contributed by atoms with van der Waals surface area (Å²) in [6, 6.07) is 2.08. The number of aliphatic hydroxyl groups is 3. The fraction of sp³-hybridized carbons (Fsp3) is 0.500. The highest BCUT2D eigenvalue weighted by atomic mass is 16.3. The number of carbonyl (C=O) groups excluding carboxylic acids is 3. The molecule has 0 heterocycles. The summed E-state index contributed by atoms with van der Waals surface area (Å²) in [5, 5.41) is 44.5. The standard InChI is InChI=1S/C26H34N4O7/c1-28(2)8-9-30(5)15-6-7-16(31)18-13(15)10-12-11-14-20(29(3)4)22(33)19(25(27)36)24(35)26(14,37)23(34)17(12)21(18)32/h6-7,12,14,20,31-32,35,37H,8-11H2,1-5H3,(H2,27,36)/t12-,14-,20+,26-/m0/s1. The molecule has 4 rings (SSSR count). The molecule has 0 aromatic heterocycles. The first-order valence-corrected chi connectivity index (χ1v) is 12.1. The predicted octanol–water partition coefficient (Wildman–Crippen LogP) is -0.0382. The van der Waals surface area contributed by atoms with E-state index in [0.717, 1.165) is 12.2 Å². The van der Waals surface area contributed by atoms with Crippen LogP contribution in [-0.2, 0) is 20.8 Å². The molecular weight excluding hydrogens is 480 g/mol. The fourth-order valence-electron chi connectivity index (χ4n) is 6.06. The summed E-state index contributed by atoms with van der Waals surface area (Å²) < 4.78 is 0. The minimum Gasteiger partial charge on any atom is -0.508 e. The normalized spacial score (nSPS) is 27.4. The summed E-state index contributed by atoms with van der Waals surface area (Å²) in [6.07, 6.45) is 0.312. The van der Waals surface area contributed by atoms with E-state index in [0.29, 0.717) is 12.1 Å². The quantitative estimate of drug-likeness (QED) is 0.325. The number of nitrogens with two attached hydrogens (primary N) is 1. The van der Waals surface area contributed by atoms with E-state index in [1.54, 1.807) is 20.2 Å². The number of amides is 1. The molecule has 1 aromatic carbocycles. The molecule has 200 valence electrons. The highest BCUT2D eigenvalue weighted by Gasteiger charge is 2.64. The van der Waals surface area contributed by atoms with Gasteiger partial charge in [-0.3, -0.25) is 19.3 Å². The number of nitrogens with zero attached hydrogens (tertiary/aromatic N) is 3. The number of carbonyl (C=O) groups is 3. The maximum Gasteiger partial charge on any atom is 0.255 e. The molecule has 1 saturated carbocycles. The number of ketones is 2. The Morgan fingerprint density at radius 3 is 2.30 bits per heavy atom. The van der Waals surface area contributed by atoms with Gasteiger partial charge in [0, 0.05) is 37.3 Å². The Bertz CT molecular complexity index is 1250. The molecule has 3 aliphatic carbocycles. The SMILES string of the molecule is CN(C)CCN(C)c1ccc(O)c2c1C[C@H]1C[C@H]3[C@@H](N(C)C)C(=O)C(C(N)=O)=C(O)[C@@]3(O)C(=O)C1=C2O. The number of benzene rings is 1. The number of likely N-dealkylation sites (N-methyl/N-ethyl adjacent to an activating group) is 3. The van der Waals surface area contributed by atoms with Gasteiger partial charge in [-0.2, -0.15) is 0 Å². The molecule has 37 heavy (non-hydrogen) atoms. The second-order valence-corrected chi connectivity index (χ2v) is 10.6. The van der Waals surface area contributed by atoms with Crippen molar-refractivity contribution in [3.63, 3.8) is 0 Å². The number of Topliss-reactive ketones (excluding diaryl/α,β-unsaturated/α-hetero) is 2. The minimum absolute atomic E-state index is 0.0578. The van der Waals surface area contributed by atoms with Crippen molar-refractivity contribution in [1.29, 1.82) is 0 Å². The Labute approximate surface area is 215 Å². The average Bonchev–Trinajstić information content (AvgIpc) is 2.79. The van der Waals surface area contributed by atoms with Crippen molar-refractivity contribution >= 4 is 28.9 Å². The largest absolute Gasteiger partial charge is 0.508 e. The highest BCUT2D eigenvalue weighted by molar-refractivity contribution is 6.24. The van der Waals surface area contributed by atoms with Gasteiger partial charge < -0.3 is 36.0 Å². The Morgan fingerprint density at radius 1 is 1.08 bits per heavy atom. The Kier molecular flexibility index (Phi) is 6.60.